The Kier molecular flexibility index (Phi) is 7.39. The maximum atomic E-state index is 6.12. The molecule has 0 radical (unpaired) electrons. The van der Waals surface area contributed by atoms with Crippen LogP contribution in [0.5, 0.6) is 0 Å². The summed E-state index contributed by atoms with van der Waals surface area (Å²) in [6.07, 6.45) is 4.48. The Morgan fingerprint density at radius 3 is 2.64 bits per heavy atom. The molecular formula is C22H31N5O. The van der Waals surface area contributed by atoms with Crippen LogP contribution in [0.2, 0.25) is 0 Å². The second kappa shape index (κ2) is 10.2. The Labute approximate surface area is 167 Å². The minimum atomic E-state index is -0.0964. The van der Waals surface area contributed by atoms with Gasteiger partial charge in [0, 0.05) is 49.7 Å². The van der Waals surface area contributed by atoms with Gasteiger partial charge < -0.3 is 21.1 Å². The Bertz CT molecular complexity index is 729. The molecule has 0 bridgehead atoms. The molecule has 4 N–H and O–H groups in total. The summed E-state index contributed by atoms with van der Waals surface area (Å²) in [4.78, 5) is 8.97. The third-order valence-corrected chi connectivity index (χ3v) is 5.24. The molecule has 1 saturated heterocycles. The molecule has 0 saturated carbocycles. The molecule has 1 aromatic heterocycles. The molecule has 6 heteroatoms. The molecule has 3 rings (SSSR count). The molecule has 2 aromatic rings. The number of aromatic nitrogens is 1. The Morgan fingerprint density at radius 1 is 1.18 bits per heavy atom. The van der Waals surface area contributed by atoms with Gasteiger partial charge in [0.05, 0.1) is 6.54 Å². The van der Waals surface area contributed by atoms with Gasteiger partial charge in [0.15, 0.2) is 5.96 Å². The van der Waals surface area contributed by atoms with E-state index < -0.39 is 0 Å². The van der Waals surface area contributed by atoms with Crippen molar-refractivity contribution in [2.75, 3.05) is 26.3 Å². The monoisotopic (exact) mass is 381 g/mol. The van der Waals surface area contributed by atoms with Gasteiger partial charge in [-0.2, -0.15) is 0 Å². The lowest BCUT2D eigenvalue weighted by Gasteiger charge is -2.39. The van der Waals surface area contributed by atoms with Gasteiger partial charge in [-0.3, -0.25) is 9.98 Å². The lowest BCUT2D eigenvalue weighted by atomic mass is 9.88. The number of rotatable bonds is 8. The zero-order valence-corrected chi connectivity index (χ0v) is 16.6. The van der Waals surface area contributed by atoms with Crippen molar-refractivity contribution in [2.24, 2.45) is 10.7 Å². The lowest BCUT2D eigenvalue weighted by Crippen LogP contribution is -2.53. The smallest absolute Gasteiger partial charge is 0.188 e. The van der Waals surface area contributed by atoms with Crippen LogP contribution in [-0.2, 0) is 11.2 Å². The molecular weight excluding hydrogens is 350 g/mol. The summed E-state index contributed by atoms with van der Waals surface area (Å²) in [6, 6.07) is 16.7. The number of ether oxygens (including phenoxy) is 1. The average molecular weight is 382 g/mol. The van der Waals surface area contributed by atoms with Crippen LogP contribution in [0.15, 0.2) is 59.7 Å². The van der Waals surface area contributed by atoms with Crippen LogP contribution in [0, 0.1) is 0 Å². The molecule has 1 aliphatic rings. The van der Waals surface area contributed by atoms with Crippen LogP contribution in [0.1, 0.15) is 37.1 Å². The zero-order valence-electron chi connectivity index (χ0n) is 16.6. The maximum Gasteiger partial charge on any atom is 0.188 e. The van der Waals surface area contributed by atoms with E-state index in [1.54, 1.807) is 6.20 Å². The van der Waals surface area contributed by atoms with Crippen LogP contribution in [0.4, 0.5) is 0 Å². The molecule has 0 aliphatic carbocycles. The maximum absolute atomic E-state index is 6.12. The topological polar surface area (TPSA) is 84.6 Å². The van der Waals surface area contributed by atoms with E-state index >= 15 is 0 Å². The number of nitrogens with two attached hydrogens (primary N) is 1. The Balaban J connectivity index is 1.56. The van der Waals surface area contributed by atoms with Gasteiger partial charge in [-0.15, -0.1) is 0 Å². The van der Waals surface area contributed by atoms with Crippen molar-refractivity contribution in [2.45, 2.75) is 37.8 Å². The van der Waals surface area contributed by atoms with Crippen molar-refractivity contribution in [3.8, 4) is 0 Å². The fraction of sp³-hybridized carbons (Fsp3) is 0.455. The van der Waals surface area contributed by atoms with Crippen LogP contribution in [0.25, 0.3) is 0 Å². The summed E-state index contributed by atoms with van der Waals surface area (Å²) in [5.74, 6) is 0.482. The molecule has 1 aromatic carbocycles. The predicted octanol–water partition coefficient (Wildman–Crippen LogP) is 2.43. The van der Waals surface area contributed by atoms with E-state index in [9.17, 15) is 0 Å². The minimum Gasteiger partial charge on any atom is -0.381 e. The largest absolute Gasteiger partial charge is 0.381 e. The molecule has 0 amide bonds. The van der Waals surface area contributed by atoms with E-state index in [-0.39, 0.29) is 11.6 Å². The molecule has 1 aliphatic heterocycles. The highest BCUT2D eigenvalue weighted by molar-refractivity contribution is 5.77. The van der Waals surface area contributed by atoms with E-state index in [0.717, 1.165) is 44.7 Å². The summed E-state index contributed by atoms with van der Waals surface area (Å²) in [6.45, 7) is 5.05. The number of aliphatic imine (C=N–C) groups is 1. The zero-order chi connectivity index (χ0) is 19.7. The fourth-order valence-corrected chi connectivity index (χ4v) is 3.55. The molecule has 1 unspecified atom stereocenters. The second-order valence-electron chi connectivity index (χ2n) is 7.37. The van der Waals surface area contributed by atoms with E-state index in [2.05, 4.69) is 51.8 Å². The van der Waals surface area contributed by atoms with Gasteiger partial charge in [-0.05, 0) is 37.5 Å². The predicted molar refractivity (Wildman–Crippen MR) is 113 cm³/mol. The first kappa shape index (κ1) is 20.3. The lowest BCUT2D eigenvalue weighted by molar-refractivity contribution is 0.0374. The SMILES string of the molecule is CC(NC1(CN=C(N)NCCc2ccccn2)CCOCC1)c1ccccc1. The number of hydrogen-bond acceptors (Lipinski definition) is 4. The van der Waals surface area contributed by atoms with Gasteiger partial charge in [0.25, 0.3) is 0 Å². The third kappa shape index (κ3) is 6.04. The number of nitrogens with zero attached hydrogens (tertiary/aromatic N) is 2. The van der Waals surface area contributed by atoms with E-state index in [4.69, 9.17) is 10.5 Å². The first-order valence-corrected chi connectivity index (χ1v) is 10.0. The molecule has 1 fully saturated rings. The van der Waals surface area contributed by atoms with Gasteiger partial charge in [0.2, 0.25) is 0 Å². The first-order chi connectivity index (χ1) is 13.7. The molecule has 2 heterocycles. The summed E-state index contributed by atoms with van der Waals surface area (Å²) in [5, 5.41) is 7.01. The summed E-state index contributed by atoms with van der Waals surface area (Å²) < 4.78 is 5.59. The standard InChI is InChI=1S/C22H31N5O/c1-18(19-7-3-2-4-8-19)27-22(11-15-28-16-12-22)17-26-21(23)25-14-10-20-9-5-6-13-24-20/h2-9,13,18,27H,10-12,14-17H2,1H3,(H3,23,25,26). The third-order valence-electron chi connectivity index (χ3n) is 5.24. The van der Waals surface area contributed by atoms with Crippen molar-refractivity contribution < 1.29 is 4.74 Å². The summed E-state index contributed by atoms with van der Waals surface area (Å²) in [5.41, 5.74) is 8.34. The van der Waals surface area contributed by atoms with Crippen molar-refractivity contribution in [1.82, 2.24) is 15.6 Å². The molecule has 150 valence electrons. The summed E-state index contributed by atoms with van der Waals surface area (Å²) in [7, 11) is 0. The highest BCUT2D eigenvalue weighted by Crippen LogP contribution is 2.25. The Hall–Kier alpha value is -2.44. The molecule has 28 heavy (non-hydrogen) atoms. The molecule has 0 spiro atoms. The van der Waals surface area contributed by atoms with Gasteiger partial charge in [-0.1, -0.05) is 36.4 Å². The van der Waals surface area contributed by atoms with Crippen molar-refractivity contribution in [3.05, 3.63) is 66.0 Å². The van der Waals surface area contributed by atoms with Crippen LogP contribution in [0.3, 0.4) is 0 Å². The molecule has 6 nitrogen and oxygen atoms in total. The van der Waals surface area contributed by atoms with Gasteiger partial charge >= 0.3 is 0 Å². The van der Waals surface area contributed by atoms with Crippen LogP contribution < -0.4 is 16.4 Å². The second-order valence-corrected chi connectivity index (χ2v) is 7.37. The quantitative estimate of drug-likeness (QED) is 0.483. The van der Waals surface area contributed by atoms with Crippen molar-refractivity contribution >= 4 is 5.96 Å². The summed E-state index contributed by atoms with van der Waals surface area (Å²) >= 11 is 0. The van der Waals surface area contributed by atoms with E-state index in [0.29, 0.717) is 12.5 Å². The fourth-order valence-electron chi connectivity index (χ4n) is 3.55. The van der Waals surface area contributed by atoms with Crippen LogP contribution in [-0.4, -0.2) is 42.8 Å². The number of hydrogen-bond donors (Lipinski definition) is 3. The van der Waals surface area contributed by atoms with E-state index in [1.165, 1.54) is 5.56 Å². The van der Waals surface area contributed by atoms with Crippen LogP contribution >= 0.6 is 0 Å². The number of benzene rings is 1. The number of guanidine groups is 1. The van der Waals surface area contributed by atoms with Crippen molar-refractivity contribution in [3.63, 3.8) is 0 Å². The Morgan fingerprint density at radius 2 is 1.93 bits per heavy atom. The minimum absolute atomic E-state index is 0.0964. The highest BCUT2D eigenvalue weighted by atomic mass is 16.5. The number of pyridine rings is 1. The number of nitrogens with one attached hydrogen (secondary N) is 2. The average Bonchev–Trinajstić information content (AvgIpc) is 2.74. The van der Waals surface area contributed by atoms with Gasteiger partial charge in [0.1, 0.15) is 0 Å². The normalized spacial score (nSPS) is 17.8. The van der Waals surface area contributed by atoms with Crippen molar-refractivity contribution in [1.29, 1.82) is 0 Å². The first-order valence-electron chi connectivity index (χ1n) is 10.0. The van der Waals surface area contributed by atoms with Gasteiger partial charge in [-0.25, -0.2) is 0 Å². The molecule has 1 atom stereocenters. The van der Waals surface area contributed by atoms with E-state index in [1.807, 2.05) is 24.3 Å². The highest BCUT2D eigenvalue weighted by Gasteiger charge is 2.33.